The first-order valence-corrected chi connectivity index (χ1v) is 12.4. The molecule has 4 aromatic rings. The van der Waals surface area contributed by atoms with Gasteiger partial charge in [-0.3, -0.25) is 5.32 Å². The van der Waals surface area contributed by atoms with Gasteiger partial charge in [-0.05, 0) is 65.1 Å². The van der Waals surface area contributed by atoms with Crippen molar-refractivity contribution in [2.24, 2.45) is 0 Å². The molecule has 0 saturated carbocycles. The number of alkyl halides is 9. The summed E-state index contributed by atoms with van der Waals surface area (Å²) in [5, 5.41) is 3.05. The summed E-state index contributed by atoms with van der Waals surface area (Å²) in [6.07, 6.45) is -15.3. The molecule has 43 heavy (non-hydrogen) atoms. The van der Waals surface area contributed by atoms with Crippen molar-refractivity contribution in [1.82, 2.24) is 5.32 Å². The van der Waals surface area contributed by atoms with E-state index < -0.39 is 53.9 Å². The summed E-state index contributed by atoms with van der Waals surface area (Å²) in [6, 6.07) is 19.9. The normalized spacial score (nSPS) is 12.7. The molecular weight excluding hydrogens is 596 g/mol. The Kier molecular flexibility index (Phi) is 8.95. The van der Waals surface area contributed by atoms with E-state index in [1.54, 1.807) is 30.3 Å². The van der Waals surface area contributed by atoms with Gasteiger partial charge in [0.15, 0.2) is 0 Å². The lowest BCUT2D eigenvalue weighted by Gasteiger charge is -2.37. The third-order valence-corrected chi connectivity index (χ3v) is 6.36. The molecule has 4 rings (SSSR count). The molecule has 0 aliphatic heterocycles. The lowest BCUT2D eigenvalue weighted by atomic mass is 9.77. The first-order chi connectivity index (χ1) is 20.0. The quantitative estimate of drug-likeness (QED) is 0.190. The Balaban J connectivity index is 1.91. The van der Waals surface area contributed by atoms with Gasteiger partial charge in [-0.2, -0.15) is 13.2 Å². The Labute approximate surface area is 238 Å². The Morgan fingerprint density at radius 3 is 1.58 bits per heavy atom. The third-order valence-electron chi connectivity index (χ3n) is 6.36. The van der Waals surface area contributed by atoms with Gasteiger partial charge >= 0.3 is 18.9 Å². The summed E-state index contributed by atoms with van der Waals surface area (Å²) in [7, 11) is 0. The number of rotatable bonds is 9. The van der Waals surface area contributed by atoms with Crippen LogP contribution >= 0.6 is 0 Å². The van der Waals surface area contributed by atoms with Crippen molar-refractivity contribution in [3.05, 3.63) is 131 Å². The molecule has 0 aliphatic rings. The molecule has 0 amide bonds. The highest BCUT2D eigenvalue weighted by atomic mass is 19.4. The highest BCUT2D eigenvalue weighted by molar-refractivity contribution is 5.46. The van der Waals surface area contributed by atoms with Crippen molar-refractivity contribution in [3.8, 4) is 11.5 Å². The molecule has 228 valence electrons. The van der Waals surface area contributed by atoms with E-state index in [0.29, 0.717) is 17.7 Å². The molecule has 0 atom stereocenters. The van der Waals surface area contributed by atoms with Crippen LogP contribution in [0, 0.1) is 5.82 Å². The minimum absolute atomic E-state index is 0.0587. The number of hydrogen-bond acceptors (Lipinski definition) is 3. The second kappa shape index (κ2) is 12.2. The molecule has 0 saturated heterocycles. The van der Waals surface area contributed by atoms with Gasteiger partial charge < -0.3 is 9.47 Å². The van der Waals surface area contributed by atoms with Crippen molar-refractivity contribution in [2.75, 3.05) is 0 Å². The first-order valence-electron chi connectivity index (χ1n) is 12.4. The van der Waals surface area contributed by atoms with Crippen molar-refractivity contribution >= 4 is 0 Å². The van der Waals surface area contributed by atoms with Crippen molar-refractivity contribution < 1.29 is 53.4 Å². The fourth-order valence-electron chi connectivity index (χ4n) is 4.61. The van der Waals surface area contributed by atoms with Gasteiger partial charge in [0.2, 0.25) is 0 Å². The minimum Gasteiger partial charge on any atom is -0.406 e. The van der Waals surface area contributed by atoms with E-state index in [0.717, 1.165) is 30.3 Å². The number of benzene rings is 4. The molecule has 0 bridgehead atoms. The van der Waals surface area contributed by atoms with Gasteiger partial charge in [0.25, 0.3) is 0 Å². The van der Waals surface area contributed by atoms with Crippen LogP contribution in [0.15, 0.2) is 97.1 Å². The second-order valence-electron chi connectivity index (χ2n) is 9.38. The van der Waals surface area contributed by atoms with Gasteiger partial charge in [-0.15, -0.1) is 26.3 Å². The standard InChI is InChI=1S/C30H21F10NO2/c31-26-13-12-20(14-25(26)28(32,33)34)18-41-27(17-19-6-2-1-3-7-19,21-8-4-10-23(15-21)42-29(35,36)37)22-9-5-11-24(16-22)43-30(38,39)40/h1-16,41H,17-18H2. The topological polar surface area (TPSA) is 30.5 Å². The van der Waals surface area contributed by atoms with Crippen LogP contribution < -0.4 is 14.8 Å². The van der Waals surface area contributed by atoms with Gasteiger partial charge in [-0.25, -0.2) is 4.39 Å². The maximum absolute atomic E-state index is 14.0. The Morgan fingerprint density at radius 2 is 1.09 bits per heavy atom. The predicted molar refractivity (Wildman–Crippen MR) is 135 cm³/mol. The van der Waals surface area contributed by atoms with Crippen LogP contribution in [0.1, 0.15) is 27.8 Å². The van der Waals surface area contributed by atoms with Gasteiger partial charge in [-0.1, -0.05) is 60.7 Å². The van der Waals surface area contributed by atoms with Crippen molar-refractivity contribution in [2.45, 2.75) is 37.4 Å². The Bertz CT molecular complexity index is 1470. The molecule has 0 spiro atoms. The molecule has 1 N–H and O–H groups in total. The van der Waals surface area contributed by atoms with E-state index in [1.807, 2.05) is 0 Å². The highest BCUT2D eigenvalue weighted by Gasteiger charge is 2.39. The number of halogens is 10. The van der Waals surface area contributed by atoms with E-state index >= 15 is 0 Å². The smallest absolute Gasteiger partial charge is 0.406 e. The van der Waals surface area contributed by atoms with E-state index in [-0.39, 0.29) is 23.1 Å². The van der Waals surface area contributed by atoms with Crippen LogP contribution in [-0.4, -0.2) is 12.7 Å². The van der Waals surface area contributed by atoms with E-state index in [2.05, 4.69) is 14.8 Å². The van der Waals surface area contributed by atoms with Gasteiger partial charge in [0.05, 0.1) is 11.1 Å². The van der Waals surface area contributed by atoms with E-state index in [4.69, 9.17) is 0 Å². The zero-order valence-electron chi connectivity index (χ0n) is 21.7. The first kappa shape index (κ1) is 31.7. The Morgan fingerprint density at radius 1 is 0.558 bits per heavy atom. The molecule has 0 fully saturated rings. The lowest BCUT2D eigenvalue weighted by Crippen LogP contribution is -2.45. The average molecular weight is 617 g/mol. The number of nitrogens with one attached hydrogen (secondary N) is 1. The maximum atomic E-state index is 14.0. The van der Waals surface area contributed by atoms with Crippen LogP contribution in [0.2, 0.25) is 0 Å². The molecule has 0 aromatic heterocycles. The Hall–Kier alpha value is -4.26. The predicted octanol–water partition coefficient (Wildman–Crippen LogP) is 8.92. The van der Waals surface area contributed by atoms with E-state index in [9.17, 15) is 43.9 Å². The molecule has 0 aliphatic carbocycles. The molecule has 3 nitrogen and oxygen atoms in total. The van der Waals surface area contributed by atoms with Crippen LogP contribution in [0.4, 0.5) is 43.9 Å². The fraction of sp³-hybridized carbons (Fsp3) is 0.200. The highest BCUT2D eigenvalue weighted by Crippen LogP contribution is 2.39. The number of ether oxygens (including phenoxy) is 2. The van der Waals surface area contributed by atoms with E-state index in [1.165, 1.54) is 24.3 Å². The summed E-state index contributed by atoms with van der Waals surface area (Å²) < 4.78 is 141. The molecule has 0 radical (unpaired) electrons. The third kappa shape index (κ3) is 8.40. The zero-order valence-corrected chi connectivity index (χ0v) is 21.7. The number of hydrogen-bond donors (Lipinski definition) is 1. The minimum atomic E-state index is -5.07. The monoisotopic (exact) mass is 617 g/mol. The van der Waals surface area contributed by atoms with Gasteiger partial charge in [0.1, 0.15) is 17.3 Å². The van der Waals surface area contributed by atoms with Crippen LogP contribution in [0.3, 0.4) is 0 Å². The molecule has 13 heteroatoms. The summed E-state index contributed by atoms with van der Waals surface area (Å²) >= 11 is 0. The summed E-state index contributed by atoms with van der Waals surface area (Å²) in [5.41, 5.74) is -2.57. The summed E-state index contributed by atoms with van der Waals surface area (Å²) in [6.45, 7) is -0.412. The average Bonchev–Trinajstić information content (AvgIpc) is 2.90. The van der Waals surface area contributed by atoms with Gasteiger partial charge in [0, 0.05) is 6.54 Å². The SMILES string of the molecule is Fc1ccc(CNC(Cc2ccccc2)(c2cccc(OC(F)(F)F)c2)c2cccc(OC(F)(F)F)c2)cc1C(F)(F)F. The largest absolute Gasteiger partial charge is 0.573 e. The molecule has 0 unspecified atom stereocenters. The fourth-order valence-corrected chi connectivity index (χ4v) is 4.61. The van der Waals surface area contributed by atoms with Crippen LogP contribution in [0.5, 0.6) is 11.5 Å². The van der Waals surface area contributed by atoms with Crippen molar-refractivity contribution in [1.29, 1.82) is 0 Å². The van der Waals surface area contributed by atoms with Crippen LogP contribution in [-0.2, 0) is 24.7 Å². The summed E-state index contributed by atoms with van der Waals surface area (Å²) in [5.74, 6) is -2.80. The summed E-state index contributed by atoms with van der Waals surface area (Å²) in [4.78, 5) is 0. The lowest BCUT2D eigenvalue weighted by molar-refractivity contribution is -0.275. The zero-order chi connectivity index (χ0) is 31.5. The maximum Gasteiger partial charge on any atom is 0.573 e. The second-order valence-corrected chi connectivity index (χ2v) is 9.38. The van der Waals surface area contributed by atoms with Crippen molar-refractivity contribution in [3.63, 3.8) is 0 Å². The molecule has 0 heterocycles. The molecule has 4 aromatic carbocycles. The molecular formula is C30H21F10NO2. The van der Waals surface area contributed by atoms with Crippen LogP contribution in [0.25, 0.3) is 0 Å².